The fraction of sp³-hybridized carbons (Fsp3) is 0.350. The summed E-state index contributed by atoms with van der Waals surface area (Å²) in [6.07, 6.45) is 2.18. The van der Waals surface area contributed by atoms with Gasteiger partial charge in [-0.05, 0) is 61.7 Å². The number of sulfonamides is 1. The molecule has 0 aliphatic rings. The molecule has 0 unspecified atom stereocenters. The number of amides is 1. The number of hydrogen-bond donors (Lipinski definition) is 1. The van der Waals surface area contributed by atoms with E-state index >= 15 is 0 Å². The van der Waals surface area contributed by atoms with Gasteiger partial charge in [0.1, 0.15) is 6.54 Å². The van der Waals surface area contributed by atoms with Crippen molar-refractivity contribution in [3.05, 3.63) is 59.2 Å². The Bertz CT molecular complexity index is 1110. The minimum absolute atomic E-state index is 0.192. The second-order valence-electron chi connectivity index (χ2n) is 7.17. The summed E-state index contributed by atoms with van der Waals surface area (Å²) >= 11 is 0. The van der Waals surface area contributed by atoms with Crippen molar-refractivity contribution in [2.24, 2.45) is 0 Å². The summed E-state index contributed by atoms with van der Waals surface area (Å²) in [5, 5.41) is 2.76. The monoisotopic (exact) mass is 438 g/mol. The Morgan fingerprint density at radius 2 is 1.55 bits per heavy atom. The third-order valence-corrected chi connectivity index (χ3v) is 6.92. The van der Waals surface area contributed by atoms with Crippen LogP contribution < -0.4 is 9.62 Å². The summed E-state index contributed by atoms with van der Waals surface area (Å²) in [5.41, 5.74) is 3.09. The zero-order chi connectivity index (χ0) is 22.0. The van der Waals surface area contributed by atoms with Crippen LogP contribution in [0.2, 0.25) is 0 Å². The van der Waals surface area contributed by atoms with E-state index in [2.05, 4.69) is 5.32 Å². The highest BCUT2D eigenvalue weighted by molar-refractivity contribution is 7.92. The predicted octanol–water partition coefficient (Wildman–Crippen LogP) is 2.35. The first kappa shape index (κ1) is 22.9. The van der Waals surface area contributed by atoms with Crippen molar-refractivity contribution in [3.8, 4) is 0 Å². The van der Waals surface area contributed by atoms with Crippen molar-refractivity contribution in [2.45, 2.75) is 31.7 Å². The number of benzene rings is 2. The van der Waals surface area contributed by atoms with E-state index in [1.165, 1.54) is 12.1 Å². The highest BCUT2D eigenvalue weighted by Crippen LogP contribution is 2.21. The van der Waals surface area contributed by atoms with Crippen LogP contribution >= 0.6 is 0 Å². The van der Waals surface area contributed by atoms with Crippen molar-refractivity contribution < 1.29 is 21.6 Å². The Balaban J connectivity index is 2.16. The van der Waals surface area contributed by atoms with E-state index in [1.54, 1.807) is 31.2 Å². The average Bonchev–Trinajstić information content (AvgIpc) is 2.60. The molecule has 2 aromatic rings. The van der Waals surface area contributed by atoms with Gasteiger partial charge in [0.15, 0.2) is 9.84 Å². The van der Waals surface area contributed by atoms with Crippen LogP contribution in [0, 0.1) is 13.8 Å². The number of carbonyl (C=O) groups excluding carboxylic acids is 1. The number of hydrogen-bond acceptors (Lipinski definition) is 5. The molecule has 0 saturated carbocycles. The molecule has 0 spiro atoms. The number of rotatable bonds is 7. The first-order valence-corrected chi connectivity index (χ1v) is 12.7. The van der Waals surface area contributed by atoms with Crippen LogP contribution in [-0.4, -0.2) is 41.8 Å². The Morgan fingerprint density at radius 1 is 0.966 bits per heavy atom. The summed E-state index contributed by atoms with van der Waals surface area (Å²) in [4.78, 5) is 12.7. The van der Waals surface area contributed by atoms with Crippen LogP contribution in [0.25, 0.3) is 0 Å². The Hall–Kier alpha value is -2.39. The third-order valence-electron chi connectivity index (χ3n) is 4.65. The maximum Gasteiger partial charge on any atom is 0.241 e. The molecule has 1 amide bonds. The molecule has 2 rings (SSSR count). The smallest absolute Gasteiger partial charge is 0.241 e. The maximum absolute atomic E-state index is 12.5. The molecule has 0 saturated heterocycles. The first-order valence-electron chi connectivity index (χ1n) is 8.93. The van der Waals surface area contributed by atoms with E-state index in [9.17, 15) is 21.6 Å². The Morgan fingerprint density at radius 3 is 2.03 bits per heavy atom. The normalized spacial score (nSPS) is 13.0. The van der Waals surface area contributed by atoms with Gasteiger partial charge in [0.05, 0.1) is 22.9 Å². The van der Waals surface area contributed by atoms with Gasteiger partial charge in [0.25, 0.3) is 0 Å². The molecular formula is C20H26N2O5S2. The number of anilines is 1. The van der Waals surface area contributed by atoms with Crippen LogP contribution in [-0.2, 0) is 24.7 Å². The Labute approximate surface area is 172 Å². The van der Waals surface area contributed by atoms with Crippen molar-refractivity contribution in [2.75, 3.05) is 23.4 Å². The molecule has 1 N–H and O–H groups in total. The van der Waals surface area contributed by atoms with Gasteiger partial charge in [-0.1, -0.05) is 18.2 Å². The molecule has 2 aromatic carbocycles. The van der Waals surface area contributed by atoms with Gasteiger partial charge in [-0.3, -0.25) is 9.10 Å². The standard InChI is InChI=1S/C20H26N2O5S2/c1-14-6-9-18(12-15(14)2)22(29(5,26)27)13-20(23)21-16(3)17-7-10-19(11-8-17)28(4,24)25/h6-12,16H,13H2,1-5H3,(H,21,23)/t16-/m0/s1. The van der Waals surface area contributed by atoms with Gasteiger partial charge < -0.3 is 5.32 Å². The summed E-state index contributed by atoms with van der Waals surface area (Å²) in [6.45, 7) is 5.19. The molecule has 9 heteroatoms. The largest absolute Gasteiger partial charge is 0.348 e. The first-order chi connectivity index (χ1) is 13.3. The van der Waals surface area contributed by atoms with Gasteiger partial charge in [0.2, 0.25) is 15.9 Å². The van der Waals surface area contributed by atoms with Gasteiger partial charge in [-0.15, -0.1) is 0 Å². The van der Waals surface area contributed by atoms with Crippen LogP contribution in [0.4, 0.5) is 5.69 Å². The molecule has 1 atom stereocenters. The molecule has 0 fully saturated rings. The van der Waals surface area contributed by atoms with E-state index in [1.807, 2.05) is 19.9 Å². The van der Waals surface area contributed by atoms with Crippen LogP contribution in [0.15, 0.2) is 47.4 Å². The van der Waals surface area contributed by atoms with E-state index in [0.29, 0.717) is 11.3 Å². The number of nitrogens with one attached hydrogen (secondary N) is 1. The summed E-state index contributed by atoms with van der Waals surface area (Å²) in [5.74, 6) is -0.464. The van der Waals surface area contributed by atoms with Gasteiger partial charge >= 0.3 is 0 Å². The molecule has 0 aliphatic heterocycles. The number of aryl methyl sites for hydroxylation is 2. The molecule has 0 heterocycles. The topological polar surface area (TPSA) is 101 Å². The Kier molecular flexibility index (Phi) is 6.74. The molecule has 0 radical (unpaired) electrons. The van der Waals surface area contributed by atoms with E-state index in [0.717, 1.165) is 27.9 Å². The molecular weight excluding hydrogens is 412 g/mol. The minimum atomic E-state index is -3.66. The zero-order valence-electron chi connectivity index (χ0n) is 17.1. The van der Waals surface area contributed by atoms with Crippen molar-refractivity contribution >= 4 is 31.5 Å². The fourth-order valence-electron chi connectivity index (χ4n) is 2.79. The van der Waals surface area contributed by atoms with E-state index in [-0.39, 0.29) is 11.4 Å². The summed E-state index contributed by atoms with van der Waals surface area (Å²) < 4.78 is 48.7. The van der Waals surface area contributed by atoms with Crippen LogP contribution in [0.1, 0.15) is 29.7 Å². The number of sulfone groups is 1. The second kappa shape index (κ2) is 8.54. The van der Waals surface area contributed by atoms with Gasteiger partial charge in [-0.25, -0.2) is 16.8 Å². The van der Waals surface area contributed by atoms with E-state index in [4.69, 9.17) is 0 Å². The SMILES string of the molecule is Cc1ccc(N(CC(=O)N[C@@H](C)c2ccc(S(C)(=O)=O)cc2)S(C)(=O)=O)cc1C. The summed E-state index contributed by atoms with van der Waals surface area (Å²) in [7, 11) is -6.96. The lowest BCUT2D eigenvalue weighted by atomic mass is 10.1. The van der Waals surface area contributed by atoms with Crippen LogP contribution in [0.3, 0.4) is 0 Å². The van der Waals surface area contributed by atoms with Crippen LogP contribution in [0.5, 0.6) is 0 Å². The maximum atomic E-state index is 12.5. The average molecular weight is 439 g/mol. The summed E-state index contributed by atoms with van der Waals surface area (Å²) in [6, 6.07) is 11.0. The third kappa shape index (κ3) is 6.04. The van der Waals surface area contributed by atoms with Crippen molar-refractivity contribution in [3.63, 3.8) is 0 Å². The molecule has 0 bridgehead atoms. The molecule has 29 heavy (non-hydrogen) atoms. The number of nitrogens with zero attached hydrogens (tertiary/aromatic N) is 1. The lowest BCUT2D eigenvalue weighted by molar-refractivity contribution is -0.120. The highest BCUT2D eigenvalue weighted by Gasteiger charge is 2.22. The van der Waals surface area contributed by atoms with E-state index < -0.39 is 31.8 Å². The quantitative estimate of drug-likeness (QED) is 0.715. The molecule has 0 aromatic heterocycles. The lowest BCUT2D eigenvalue weighted by Gasteiger charge is -2.24. The van der Waals surface area contributed by atoms with Crippen molar-refractivity contribution in [1.29, 1.82) is 0 Å². The van der Waals surface area contributed by atoms with Crippen molar-refractivity contribution in [1.82, 2.24) is 5.32 Å². The fourth-order valence-corrected chi connectivity index (χ4v) is 4.26. The van der Waals surface area contributed by atoms with Gasteiger partial charge in [0, 0.05) is 6.26 Å². The minimum Gasteiger partial charge on any atom is -0.348 e. The van der Waals surface area contributed by atoms with Gasteiger partial charge in [-0.2, -0.15) is 0 Å². The lowest BCUT2D eigenvalue weighted by Crippen LogP contribution is -2.41. The predicted molar refractivity (Wildman–Crippen MR) is 114 cm³/mol. The number of carbonyl (C=O) groups is 1. The second-order valence-corrected chi connectivity index (χ2v) is 11.1. The zero-order valence-corrected chi connectivity index (χ0v) is 18.8. The molecule has 0 aliphatic carbocycles. The highest BCUT2D eigenvalue weighted by atomic mass is 32.2. The molecule has 158 valence electrons. The molecule has 7 nitrogen and oxygen atoms in total.